The second-order valence-electron chi connectivity index (χ2n) is 4.76. The summed E-state index contributed by atoms with van der Waals surface area (Å²) in [6.07, 6.45) is 5.46. The molecule has 0 atom stereocenters. The Morgan fingerprint density at radius 1 is 1.25 bits per heavy atom. The molecule has 0 unspecified atom stereocenters. The molecule has 5 heteroatoms. The highest BCUT2D eigenvalue weighted by Crippen LogP contribution is 2.14. The van der Waals surface area contributed by atoms with Gasteiger partial charge in [0.2, 0.25) is 5.91 Å². The van der Waals surface area contributed by atoms with E-state index in [-0.39, 0.29) is 5.91 Å². The number of aryl methyl sites for hydroxylation is 2. The number of hydrogen-bond donors (Lipinski definition) is 1. The zero-order chi connectivity index (χ0) is 14.4. The van der Waals surface area contributed by atoms with Crippen molar-refractivity contribution in [3.63, 3.8) is 0 Å². The van der Waals surface area contributed by atoms with Crippen LogP contribution in [-0.2, 0) is 17.6 Å². The number of carbonyl (C=O) groups is 1. The monoisotopic (exact) mass is 273 g/mol. The molecule has 0 aliphatic heterocycles. The highest BCUT2D eigenvalue weighted by atomic mass is 16.5. The largest absolute Gasteiger partial charge is 0.361 e. The molecule has 0 fully saturated rings. The van der Waals surface area contributed by atoms with Crippen molar-refractivity contribution in [3.05, 3.63) is 47.1 Å². The average Bonchev–Trinajstić information content (AvgIpc) is 2.77. The zero-order valence-electron chi connectivity index (χ0n) is 11.8. The van der Waals surface area contributed by atoms with Crippen LogP contribution >= 0.6 is 0 Å². The van der Waals surface area contributed by atoms with Crippen LogP contribution in [-0.4, -0.2) is 22.6 Å². The van der Waals surface area contributed by atoms with E-state index in [1.54, 1.807) is 12.4 Å². The van der Waals surface area contributed by atoms with Crippen molar-refractivity contribution in [2.24, 2.45) is 0 Å². The van der Waals surface area contributed by atoms with Crippen molar-refractivity contribution in [2.75, 3.05) is 6.54 Å². The molecule has 0 radical (unpaired) electrons. The van der Waals surface area contributed by atoms with Gasteiger partial charge in [0, 0.05) is 30.9 Å². The van der Waals surface area contributed by atoms with Gasteiger partial charge in [0.15, 0.2) is 0 Å². The quantitative estimate of drug-likeness (QED) is 0.873. The van der Waals surface area contributed by atoms with Crippen LogP contribution in [0.5, 0.6) is 0 Å². The smallest absolute Gasteiger partial charge is 0.220 e. The lowest BCUT2D eigenvalue weighted by Crippen LogP contribution is -2.25. The molecule has 1 amide bonds. The number of carbonyl (C=O) groups excluding carboxylic acids is 1. The zero-order valence-corrected chi connectivity index (χ0v) is 11.8. The minimum absolute atomic E-state index is 0.0547. The first-order chi connectivity index (χ1) is 9.66. The van der Waals surface area contributed by atoms with Gasteiger partial charge >= 0.3 is 0 Å². The van der Waals surface area contributed by atoms with Gasteiger partial charge in [-0.1, -0.05) is 5.16 Å². The van der Waals surface area contributed by atoms with Gasteiger partial charge < -0.3 is 9.84 Å². The van der Waals surface area contributed by atoms with Gasteiger partial charge in [0.25, 0.3) is 0 Å². The van der Waals surface area contributed by atoms with Crippen molar-refractivity contribution in [3.8, 4) is 0 Å². The topological polar surface area (TPSA) is 68.0 Å². The summed E-state index contributed by atoms with van der Waals surface area (Å²) in [6, 6.07) is 3.91. The van der Waals surface area contributed by atoms with E-state index in [1.165, 1.54) is 5.56 Å². The van der Waals surface area contributed by atoms with E-state index in [0.717, 1.165) is 23.4 Å². The van der Waals surface area contributed by atoms with Crippen LogP contribution in [0.2, 0.25) is 0 Å². The summed E-state index contributed by atoms with van der Waals surface area (Å²) in [5, 5.41) is 6.81. The van der Waals surface area contributed by atoms with Crippen LogP contribution in [0.1, 0.15) is 29.0 Å². The van der Waals surface area contributed by atoms with Crippen molar-refractivity contribution in [2.45, 2.75) is 33.1 Å². The summed E-state index contributed by atoms with van der Waals surface area (Å²) in [7, 11) is 0. The number of rotatable bonds is 6. The number of pyridine rings is 1. The van der Waals surface area contributed by atoms with Crippen LogP contribution in [0, 0.1) is 13.8 Å². The number of nitrogens with one attached hydrogen (secondary N) is 1. The van der Waals surface area contributed by atoms with Gasteiger partial charge in [-0.25, -0.2) is 0 Å². The Bertz CT molecular complexity index is 544. The molecule has 0 saturated carbocycles. The van der Waals surface area contributed by atoms with Crippen LogP contribution in [0.3, 0.4) is 0 Å². The van der Waals surface area contributed by atoms with E-state index in [4.69, 9.17) is 4.52 Å². The molecule has 1 N–H and O–H groups in total. The lowest BCUT2D eigenvalue weighted by molar-refractivity contribution is -0.121. The third kappa shape index (κ3) is 3.91. The molecule has 2 rings (SSSR count). The van der Waals surface area contributed by atoms with Crippen LogP contribution in [0.25, 0.3) is 0 Å². The molecule has 20 heavy (non-hydrogen) atoms. The van der Waals surface area contributed by atoms with Crippen molar-refractivity contribution >= 4 is 5.91 Å². The van der Waals surface area contributed by atoms with Crippen molar-refractivity contribution in [1.29, 1.82) is 0 Å². The first-order valence-corrected chi connectivity index (χ1v) is 6.74. The fourth-order valence-corrected chi connectivity index (χ4v) is 2.08. The SMILES string of the molecule is Cc1noc(C)c1CCC(=O)NCCc1ccncc1. The minimum Gasteiger partial charge on any atom is -0.361 e. The standard InChI is InChI=1S/C15H19N3O2/c1-11-14(12(2)20-18-11)3-4-15(19)17-10-7-13-5-8-16-9-6-13/h5-6,8-9H,3-4,7,10H2,1-2H3,(H,17,19). The van der Waals surface area contributed by atoms with Gasteiger partial charge in [-0.05, 0) is 44.4 Å². The Labute approximate surface area is 118 Å². The number of aromatic nitrogens is 2. The first-order valence-electron chi connectivity index (χ1n) is 6.74. The Balaban J connectivity index is 1.71. The predicted octanol–water partition coefficient (Wildman–Crippen LogP) is 1.98. The summed E-state index contributed by atoms with van der Waals surface area (Å²) < 4.78 is 5.08. The van der Waals surface area contributed by atoms with Gasteiger partial charge in [-0.15, -0.1) is 0 Å². The maximum Gasteiger partial charge on any atom is 0.220 e. The van der Waals surface area contributed by atoms with Gasteiger partial charge in [0.1, 0.15) is 5.76 Å². The normalized spacial score (nSPS) is 10.5. The third-order valence-electron chi connectivity index (χ3n) is 3.27. The third-order valence-corrected chi connectivity index (χ3v) is 3.27. The fourth-order valence-electron chi connectivity index (χ4n) is 2.08. The predicted molar refractivity (Wildman–Crippen MR) is 75.2 cm³/mol. The molecule has 0 spiro atoms. The summed E-state index contributed by atoms with van der Waals surface area (Å²) >= 11 is 0. The molecule has 2 heterocycles. The molecule has 0 aliphatic rings. The first kappa shape index (κ1) is 14.2. The molecule has 106 valence electrons. The Morgan fingerprint density at radius 2 is 2.00 bits per heavy atom. The Morgan fingerprint density at radius 3 is 2.65 bits per heavy atom. The van der Waals surface area contributed by atoms with E-state index in [9.17, 15) is 4.79 Å². The van der Waals surface area contributed by atoms with E-state index in [2.05, 4.69) is 15.5 Å². The van der Waals surface area contributed by atoms with Gasteiger partial charge in [-0.3, -0.25) is 9.78 Å². The second kappa shape index (κ2) is 6.84. The summed E-state index contributed by atoms with van der Waals surface area (Å²) in [5.74, 6) is 0.853. The van der Waals surface area contributed by atoms with E-state index >= 15 is 0 Å². The number of amides is 1. The molecule has 0 bridgehead atoms. The minimum atomic E-state index is 0.0547. The van der Waals surface area contributed by atoms with Gasteiger partial charge in [0.05, 0.1) is 5.69 Å². The van der Waals surface area contributed by atoms with Crippen LogP contribution in [0.4, 0.5) is 0 Å². The number of nitrogens with zero attached hydrogens (tertiary/aromatic N) is 2. The molecule has 2 aromatic rings. The maximum absolute atomic E-state index is 11.8. The highest BCUT2D eigenvalue weighted by molar-refractivity contribution is 5.76. The van der Waals surface area contributed by atoms with Crippen LogP contribution < -0.4 is 5.32 Å². The summed E-state index contributed by atoms with van der Waals surface area (Å²) in [5.41, 5.74) is 3.08. The molecule has 0 aromatic carbocycles. The Hall–Kier alpha value is -2.17. The second-order valence-corrected chi connectivity index (χ2v) is 4.76. The lowest BCUT2D eigenvalue weighted by atomic mass is 10.1. The van der Waals surface area contributed by atoms with Crippen molar-refractivity contribution in [1.82, 2.24) is 15.5 Å². The summed E-state index contributed by atoms with van der Waals surface area (Å²) in [4.78, 5) is 15.7. The van der Waals surface area contributed by atoms with Gasteiger partial charge in [-0.2, -0.15) is 0 Å². The van der Waals surface area contributed by atoms with E-state index in [0.29, 0.717) is 19.4 Å². The highest BCUT2D eigenvalue weighted by Gasteiger charge is 2.10. The number of hydrogen-bond acceptors (Lipinski definition) is 4. The maximum atomic E-state index is 11.8. The molecule has 2 aromatic heterocycles. The summed E-state index contributed by atoms with van der Waals surface area (Å²) in [6.45, 7) is 4.41. The molecular weight excluding hydrogens is 254 g/mol. The van der Waals surface area contributed by atoms with Crippen LogP contribution in [0.15, 0.2) is 29.0 Å². The van der Waals surface area contributed by atoms with E-state index < -0.39 is 0 Å². The molecule has 0 saturated heterocycles. The van der Waals surface area contributed by atoms with E-state index in [1.807, 2.05) is 26.0 Å². The average molecular weight is 273 g/mol. The lowest BCUT2D eigenvalue weighted by Gasteiger charge is -2.05. The molecular formula is C15H19N3O2. The molecule has 5 nitrogen and oxygen atoms in total. The van der Waals surface area contributed by atoms with Crippen molar-refractivity contribution < 1.29 is 9.32 Å². The Kier molecular flexibility index (Phi) is 4.87. The fraction of sp³-hybridized carbons (Fsp3) is 0.400. The molecule has 0 aliphatic carbocycles.